The van der Waals surface area contributed by atoms with Crippen LogP contribution < -0.4 is 5.32 Å². The molecule has 0 unspecified atom stereocenters. The number of para-hydroxylation sites is 1. The summed E-state index contributed by atoms with van der Waals surface area (Å²) in [4.78, 5) is 23.4. The van der Waals surface area contributed by atoms with Crippen LogP contribution in [0.5, 0.6) is 0 Å². The first-order valence-corrected chi connectivity index (χ1v) is 10.6. The monoisotopic (exact) mass is 408 g/mol. The average molecular weight is 409 g/mol. The molecule has 0 bridgehead atoms. The van der Waals surface area contributed by atoms with Crippen LogP contribution in [0, 0.1) is 5.92 Å². The zero-order chi connectivity index (χ0) is 20.9. The van der Waals surface area contributed by atoms with Crippen LogP contribution in [0.2, 0.25) is 0 Å². The Morgan fingerprint density at radius 1 is 1.23 bits per heavy atom. The lowest BCUT2D eigenvalue weighted by Crippen LogP contribution is -2.40. The summed E-state index contributed by atoms with van der Waals surface area (Å²) in [6.07, 6.45) is 7.03. The van der Waals surface area contributed by atoms with Crippen LogP contribution in [0.3, 0.4) is 0 Å². The standard InChI is InChI=1S/C22H28N6O2/c1-2-27(13-14-29)21(30)16-7-9-18(10-8-16)25-22-23-12-11-20(26-22)28-19-6-4-3-5-17(19)15-24-28/h3-6,11-12,15-16,18,29H,2,7-10,13-14H2,1H3,(H,23,25,26)/t16-,18-. The normalized spacial score (nSPS) is 19.0. The first-order chi connectivity index (χ1) is 14.7. The van der Waals surface area contributed by atoms with E-state index in [1.54, 1.807) is 11.1 Å². The third kappa shape index (κ3) is 4.28. The number of hydrogen-bond donors (Lipinski definition) is 2. The molecule has 0 radical (unpaired) electrons. The molecular formula is C22H28N6O2. The third-order valence-electron chi connectivity index (χ3n) is 5.81. The lowest BCUT2D eigenvalue weighted by atomic mass is 9.85. The van der Waals surface area contributed by atoms with E-state index in [9.17, 15) is 4.79 Å². The molecule has 1 fully saturated rings. The van der Waals surface area contributed by atoms with Crippen molar-refractivity contribution in [1.29, 1.82) is 0 Å². The van der Waals surface area contributed by atoms with Crippen molar-refractivity contribution in [3.63, 3.8) is 0 Å². The Kier molecular flexibility index (Phi) is 6.23. The molecule has 2 aromatic heterocycles. The van der Waals surface area contributed by atoms with Gasteiger partial charge in [0.1, 0.15) is 0 Å². The van der Waals surface area contributed by atoms with E-state index >= 15 is 0 Å². The quantitative estimate of drug-likeness (QED) is 0.624. The number of nitrogens with zero attached hydrogens (tertiary/aromatic N) is 5. The van der Waals surface area contributed by atoms with Crippen LogP contribution in [-0.2, 0) is 4.79 Å². The highest BCUT2D eigenvalue weighted by Crippen LogP contribution is 2.28. The van der Waals surface area contributed by atoms with Crippen molar-refractivity contribution in [3.8, 4) is 5.82 Å². The number of carbonyl (C=O) groups excluding carboxylic acids is 1. The average Bonchev–Trinajstić information content (AvgIpc) is 3.22. The second-order valence-corrected chi connectivity index (χ2v) is 7.69. The number of likely N-dealkylation sites (N-methyl/N-ethyl adjacent to an activating group) is 1. The lowest BCUT2D eigenvalue weighted by molar-refractivity contribution is -0.136. The van der Waals surface area contributed by atoms with E-state index in [0.29, 0.717) is 19.0 Å². The number of nitrogens with one attached hydrogen (secondary N) is 1. The maximum atomic E-state index is 12.6. The highest BCUT2D eigenvalue weighted by Gasteiger charge is 2.29. The molecule has 8 nitrogen and oxygen atoms in total. The molecule has 1 aliphatic carbocycles. The molecule has 2 N–H and O–H groups in total. The summed E-state index contributed by atoms with van der Waals surface area (Å²) in [6, 6.07) is 10.1. The molecule has 158 valence electrons. The minimum Gasteiger partial charge on any atom is -0.395 e. The zero-order valence-corrected chi connectivity index (χ0v) is 17.2. The molecule has 1 saturated carbocycles. The van der Waals surface area contributed by atoms with Gasteiger partial charge in [-0.2, -0.15) is 10.1 Å². The molecule has 8 heteroatoms. The highest BCUT2D eigenvalue weighted by molar-refractivity contribution is 5.80. The number of amides is 1. The summed E-state index contributed by atoms with van der Waals surface area (Å²) in [5.41, 5.74) is 1.00. The van der Waals surface area contributed by atoms with E-state index < -0.39 is 0 Å². The molecule has 0 saturated heterocycles. The molecule has 2 heterocycles. The Morgan fingerprint density at radius 3 is 2.80 bits per heavy atom. The Balaban J connectivity index is 1.39. The van der Waals surface area contributed by atoms with Gasteiger partial charge in [-0.1, -0.05) is 18.2 Å². The summed E-state index contributed by atoms with van der Waals surface area (Å²) >= 11 is 0. The zero-order valence-electron chi connectivity index (χ0n) is 17.2. The van der Waals surface area contributed by atoms with Crippen LogP contribution in [0.15, 0.2) is 42.7 Å². The predicted octanol–water partition coefficient (Wildman–Crippen LogP) is 2.63. The number of rotatable bonds is 7. The van der Waals surface area contributed by atoms with Crippen molar-refractivity contribution in [2.75, 3.05) is 25.0 Å². The molecule has 0 aliphatic heterocycles. The Hall–Kier alpha value is -3.00. The fourth-order valence-corrected chi connectivity index (χ4v) is 4.16. The minimum absolute atomic E-state index is 0.00962. The van der Waals surface area contributed by atoms with Crippen LogP contribution >= 0.6 is 0 Å². The largest absolute Gasteiger partial charge is 0.395 e. The van der Waals surface area contributed by atoms with E-state index in [1.165, 1.54) is 0 Å². The maximum absolute atomic E-state index is 12.6. The Bertz CT molecular complexity index is 996. The lowest BCUT2D eigenvalue weighted by Gasteiger charge is -2.31. The molecule has 1 aliphatic rings. The van der Waals surface area contributed by atoms with Gasteiger partial charge in [-0.05, 0) is 38.7 Å². The Morgan fingerprint density at radius 2 is 2.03 bits per heavy atom. The third-order valence-corrected chi connectivity index (χ3v) is 5.81. The number of aliphatic hydroxyl groups is 1. The van der Waals surface area contributed by atoms with Crippen molar-refractivity contribution >= 4 is 22.8 Å². The van der Waals surface area contributed by atoms with Crippen molar-refractivity contribution in [2.24, 2.45) is 5.92 Å². The van der Waals surface area contributed by atoms with E-state index in [4.69, 9.17) is 5.11 Å². The number of benzene rings is 1. The van der Waals surface area contributed by atoms with Gasteiger partial charge in [-0.3, -0.25) is 4.79 Å². The second-order valence-electron chi connectivity index (χ2n) is 7.69. The number of carbonyl (C=O) groups is 1. The van der Waals surface area contributed by atoms with Gasteiger partial charge in [0.15, 0.2) is 5.82 Å². The number of fused-ring (bicyclic) bond motifs is 1. The smallest absolute Gasteiger partial charge is 0.225 e. The van der Waals surface area contributed by atoms with E-state index in [2.05, 4.69) is 20.4 Å². The second kappa shape index (κ2) is 9.21. The van der Waals surface area contributed by atoms with Gasteiger partial charge in [-0.15, -0.1) is 0 Å². The molecule has 0 spiro atoms. The molecular weight excluding hydrogens is 380 g/mol. The van der Waals surface area contributed by atoms with Crippen LogP contribution in [0.1, 0.15) is 32.6 Å². The summed E-state index contributed by atoms with van der Waals surface area (Å²) in [6.45, 7) is 3.01. The van der Waals surface area contributed by atoms with Crippen molar-refractivity contribution < 1.29 is 9.90 Å². The molecule has 0 atom stereocenters. The summed E-state index contributed by atoms with van der Waals surface area (Å²) < 4.78 is 1.82. The van der Waals surface area contributed by atoms with E-state index in [1.807, 2.05) is 48.1 Å². The SMILES string of the molecule is CCN(CCO)C(=O)[C@H]1CC[C@H](Nc2nccc(-n3ncc4ccccc43)n2)CC1. The van der Waals surface area contributed by atoms with Gasteiger partial charge in [0.05, 0.1) is 18.3 Å². The first kappa shape index (κ1) is 20.3. The van der Waals surface area contributed by atoms with Crippen molar-refractivity contribution in [1.82, 2.24) is 24.6 Å². The van der Waals surface area contributed by atoms with Gasteiger partial charge in [0.2, 0.25) is 11.9 Å². The van der Waals surface area contributed by atoms with Crippen molar-refractivity contribution in [2.45, 2.75) is 38.6 Å². The van der Waals surface area contributed by atoms with Crippen LogP contribution in [0.25, 0.3) is 16.7 Å². The molecule has 1 aromatic carbocycles. The molecule has 3 aromatic rings. The van der Waals surface area contributed by atoms with Crippen LogP contribution in [-0.4, -0.2) is 61.4 Å². The minimum atomic E-state index is 0.00962. The van der Waals surface area contributed by atoms with Crippen LogP contribution in [0.4, 0.5) is 5.95 Å². The summed E-state index contributed by atoms with van der Waals surface area (Å²) in [5.74, 6) is 1.50. The molecule has 30 heavy (non-hydrogen) atoms. The molecule has 4 rings (SSSR count). The highest BCUT2D eigenvalue weighted by atomic mass is 16.3. The molecule has 1 amide bonds. The maximum Gasteiger partial charge on any atom is 0.225 e. The van der Waals surface area contributed by atoms with Gasteiger partial charge in [-0.25, -0.2) is 9.67 Å². The number of aliphatic hydroxyl groups excluding tert-OH is 1. The van der Waals surface area contributed by atoms with E-state index in [-0.39, 0.29) is 24.5 Å². The fourth-order valence-electron chi connectivity index (χ4n) is 4.16. The van der Waals surface area contributed by atoms with Gasteiger partial charge in [0.25, 0.3) is 0 Å². The number of anilines is 1. The van der Waals surface area contributed by atoms with E-state index in [0.717, 1.165) is 42.4 Å². The van der Waals surface area contributed by atoms with Gasteiger partial charge in [0, 0.05) is 42.7 Å². The summed E-state index contributed by atoms with van der Waals surface area (Å²) in [7, 11) is 0. The number of aromatic nitrogens is 4. The fraction of sp³-hybridized carbons (Fsp3) is 0.455. The number of hydrogen-bond acceptors (Lipinski definition) is 6. The summed E-state index contributed by atoms with van der Waals surface area (Å²) in [5, 5.41) is 18.1. The van der Waals surface area contributed by atoms with Gasteiger partial charge < -0.3 is 15.3 Å². The first-order valence-electron chi connectivity index (χ1n) is 10.6. The Labute approximate surface area is 175 Å². The topological polar surface area (TPSA) is 96.2 Å². The van der Waals surface area contributed by atoms with Crippen molar-refractivity contribution in [3.05, 3.63) is 42.7 Å². The predicted molar refractivity (Wildman–Crippen MR) is 115 cm³/mol. The van der Waals surface area contributed by atoms with Gasteiger partial charge >= 0.3 is 0 Å².